The van der Waals surface area contributed by atoms with Crippen LogP contribution in [-0.2, 0) is 9.59 Å². The summed E-state index contributed by atoms with van der Waals surface area (Å²) in [6.45, 7) is 0. The minimum absolute atomic E-state index is 0.260. The highest BCUT2D eigenvalue weighted by molar-refractivity contribution is 6.24. The number of imide groups is 1. The van der Waals surface area contributed by atoms with Crippen LogP contribution in [0, 0.1) is 11.8 Å². The van der Waals surface area contributed by atoms with Gasteiger partial charge in [0.1, 0.15) is 17.5 Å². The summed E-state index contributed by atoms with van der Waals surface area (Å²) < 4.78 is 10.4. The van der Waals surface area contributed by atoms with Gasteiger partial charge >= 0.3 is 0 Å². The van der Waals surface area contributed by atoms with Crippen LogP contribution in [0.15, 0.2) is 77.9 Å². The third-order valence-corrected chi connectivity index (χ3v) is 7.27. The SMILES string of the molecule is COc1ccc(C(=O)[C@H]2[C@H]3C(=O)N(c4ccc(OC)cc4)C(=O)[C@@H]3[C@H]3c4ccccc4C=NN32)cc1. The molecule has 36 heavy (non-hydrogen) atoms. The Labute approximate surface area is 207 Å². The van der Waals surface area contributed by atoms with Crippen LogP contribution in [0.3, 0.4) is 0 Å². The summed E-state index contributed by atoms with van der Waals surface area (Å²) in [6.07, 6.45) is 1.69. The van der Waals surface area contributed by atoms with Crippen molar-refractivity contribution in [1.29, 1.82) is 0 Å². The second-order valence-corrected chi connectivity index (χ2v) is 9.00. The maximum Gasteiger partial charge on any atom is 0.240 e. The first kappa shape index (κ1) is 22.0. The number of rotatable bonds is 5. The number of nitrogens with zero attached hydrogens (tertiary/aromatic N) is 3. The fourth-order valence-electron chi connectivity index (χ4n) is 5.58. The van der Waals surface area contributed by atoms with E-state index in [1.807, 2.05) is 24.3 Å². The average Bonchev–Trinajstić information content (AvgIpc) is 3.40. The van der Waals surface area contributed by atoms with E-state index in [-0.39, 0.29) is 11.7 Å². The minimum Gasteiger partial charge on any atom is -0.497 e. The van der Waals surface area contributed by atoms with E-state index >= 15 is 0 Å². The Morgan fingerprint density at radius 2 is 1.42 bits per heavy atom. The van der Waals surface area contributed by atoms with Gasteiger partial charge in [0.05, 0.1) is 44.0 Å². The van der Waals surface area contributed by atoms with E-state index < -0.39 is 29.8 Å². The van der Waals surface area contributed by atoms with E-state index in [4.69, 9.17) is 9.47 Å². The lowest BCUT2D eigenvalue weighted by Crippen LogP contribution is -2.44. The second kappa shape index (κ2) is 8.34. The Morgan fingerprint density at radius 1 is 0.806 bits per heavy atom. The number of Topliss-reactive ketones (excluding diaryl/α,β-unsaturated/α-hetero) is 1. The van der Waals surface area contributed by atoms with E-state index in [1.54, 1.807) is 74.0 Å². The van der Waals surface area contributed by atoms with Gasteiger partial charge in [-0.25, -0.2) is 4.90 Å². The predicted molar refractivity (Wildman–Crippen MR) is 132 cm³/mol. The molecule has 180 valence electrons. The largest absolute Gasteiger partial charge is 0.497 e. The van der Waals surface area contributed by atoms with Gasteiger partial charge in [-0.15, -0.1) is 0 Å². The second-order valence-electron chi connectivity index (χ2n) is 9.00. The summed E-state index contributed by atoms with van der Waals surface area (Å²) in [5, 5.41) is 6.25. The lowest BCUT2D eigenvalue weighted by molar-refractivity contribution is -0.124. The molecule has 8 nitrogen and oxygen atoms in total. The first-order chi connectivity index (χ1) is 17.5. The molecule has 0 bridgehead atoms. The highest BCUT2D eigenvalue weighted by atomic mass is 16.5. The zero-order chi connectivity index (χ0) is 25.0. The monoisotopic (exact) mass is 481 g/mol. The van der Waals surface area contributed by atoms with Gasteiger partial charge < -0.3 is 9.47 Å². The zero-order valence-electron chi connectivity index (χ0n) is 19.7. The van der Waals surface area contributed by atoms with Crippen molar-refractivity contribution in [3.8, 4) is 11.5 Å². The molecule has 2 saturated heterocycles. The number of hydrogen-bond acceptors (Lipinski definition) is 7. The van der Waals surface area contributed by atoms with Crippen LogP contribution >= 0.6 is 0 Å². The van der Waals surface area contributed by atoms with Crippen LogP contribution in [0.1, 0.15) is 27.5 Å². The van der Waals surface area contributed by atoms with Crippen LogP contribution in [0.4, 0.5) is 5.69 Å². The van der Waals surface area contributed by atoms with E-state index in [9.17, 15) is 14.4 Å². The fraction of sp³-hybridized carbons (Fsp3) is 0.214. The van der Waals surface area contributed by atoms with E-state index in [0.29, 0.717) is 22.7 Å². The lowest BCUT2D eigenvalue weighted by Gasteiger charge is -2.33. The number of hydrogen-bond donors (Lipinski definition) is 0. The smallest absolute Gasteiger partial charge is 0.240 e. The van der Waals surface area contributed by atoms with Crippen LogP contribution < -0.4 is 14.4 Å². The number of hydrazone groups is 1. The topological polar surface area (TPSA) is 88.5 Å². The van der Waals surface area contributed by atoms with Crippen molar-refractivity contribution < 1.29 is 23.9 Å². The summed E-state index contributed by atoms with van der Waals surface area (Å²) in [5.41, 5.74) is 2.64. The highest BCUT2D eigenvalue weighted by Crippen LogP contribution is 2.53. The van der Waals surface area contributed by atoms with Crippen LogP contribution in [-0.4, -0.2) is 49.1 Å². The van der Waals surface area contributed by atoms with Crippen molar-refractivity contribution in [2.24, 2.45) is 16.9 Å². The van der Waals surface area contributed by atoms with Gasteiger partial charge in [-0.05, 0) is 59.7 Å². The summed E-state index contributed by atoms with van der Waals surface area (Å²) in [4.78, 5) is 42.8. The molecule has 2 fully saturated rings. The standard InChI is InChI=1S/C28H23N3O5/c1-35-19-11-7-16(8-12-19)26(32)25-23-22(24-21-6-4-3-5-17(21)15-29-31(24)25)27(33)30(28(23)34)18-9-13-20(36-2)14-10-18/h3-15,22-25H,1-2H3/t22-,23-,24+,25+/m0/s1. The molecular weight excluding hydrogens is 458 g/mol. The Bertz CT molecular complexity index is 1400. The van der Waals surface area contributed by atoms with Crippen molar-refractivity contribution in [3.05, 3.63) is 89.5 Å². The molecule has 2 amide bonds. The molecule has 0 radical (unpaired) electrons. The molecule has 0 saturated carbocycles. The Morgan fingerprint density at radius 3 is 2.08 bits per heavy atom. The van der Waals surface area contributed by atoms with E-state index in [0.717, 1.165) is 11.1 Å². The van der Waals surface area contributed by atoms with Gasteiger partial charge in [0.15, 0.2) is 5.78 Å². The van der Waals surface area contributed by atoms with Gasteiger partial charge in [-0.1, -0.05) is 24.3 Å². The third kappa shape index (κ3) is 3.14. The summed E-state index contributed by atoms with van der Waals surface area (Å²) >= 11 is 0. The summed E-state index contributed by atoms with van der Waals surface area (Å²) in [5.74, 6) is -1.37. The third-order valence-electron chi connectivity index (χ3n) is 7.27. The molecule has 3 aliphatic rings. The van der Waals surface area contributed by atoms with E-state index in [2.05, 4.69) is 5.10 Å². The molecule has 8 heteroatoms. The Balaban J connectivity index is 1.46. The normalized spacial score (nSPS) is 23.8. The summed E-state index contributed by atoms with van der Waals surface area (Å²) in [7, 11) is 3.11. The van der Waals surface area contributed by atoms with Crippen molar-refractivity contribution in [1.82, 2.24) is 5.01 Å². The lowest BCUT2D eigenvalue weighted by atomic mass is 9.83. The zero-order valence-corrected chi connectivity index (χ0v) is 19.7. The predicted octanol–water partition coefficient (Wildman–Crippen LogP) is 3.47. The van der Waals surface area contributed by atoms with Crippen molar-refractivity contribution in [2.45, 2.75) is 12.1 Å². The molecule has 0 aromatic heterocycles. The molecule has 3 aromatic rings. The molecule has 4 atom stereocenters. The molecule has 3 aromatic carbocycles. The molecule has 0 unspecified atom stereocenters. The van der Waals surface area contributed by atoms with Crippen LogP contribution in [0.2, 0.25) is 0 Å². The number of ketones is 1. The Kier molecular flexibility index (Phi) is 5.10. The number of methoxy groups -OCH3 is 2. The minimum atomic E-state index is -0.919. The van der Waals surface area contributed by atoms with Gasteiger partial charge in [0, 0.05) is 5.56 Å². The quantitative estimate of drug-likeness (QED) is 0.410. The number of anilines is 1. The van der Waals surface area contributed by atoms with Gasteiger partial charge in [0.2, 0.25) is 11.8 Å². The van der Waals surface area contributed by atoms with E-state index in [1.165, 1.54) is 4.90 Å². The number of carbonyl (C=O) groups excluding carboxylic acids is 3. The number of benzene rings is 3. The van der Waals surface area contributed by atoms with Crippen molar-refractivity contribution >= 4 is 29.5 Å². The molecular formula is C28H23N3O5. The van der Waals surface area contributed by atoms with Crippen molar-refractivity contribution in [2.75, 3.05) is 19.1 Å². The molecule has 3 heterocycles. The highest BCUT2D eigenvalue weighted by Gasteiger charge is 2.65. The molecule has 0 aliphatic carbocycles. The van der Waals surface area contributed by atoms with Gasteiger partial charge in [-0.2, -0.15) is 5.10 Å². The number of fused-ring (bicyclic) bond motifs is 5. The van der Waals surface area contributed by atoms with Crippen molar-refractivity contribution in [3.63, 3.8) is 0 Å². The fourth-order valence-corrected chi connectivity index (χ4v) is 5.58. The van der Waals surface area contributed by atoms with Gasteiger partial charge in [0.25, 0.3) is 0 Å². The summed E-state index contributed by atoms with van der Waals surface area (Å²) in [6, 6.07) is 19.7. The number of carbonyl (C=O) groups is 3. The average molecular weight is 482 g/mol. The van der Waals surface area contributed by atoms with Gasteiger partial charge in [-0.3, -0.25) is 19.4 Å². The van der Waals surface area contributed by atoms with Crippen LogP contribution in [0.5, 0.6) is 11.5 Å². The maximum atomic E-state index is 13.9. The first-order valence-corrected chi connectivity index (χ1v) is 11.6. The molecule has 0 N–H and O–H groups in total. The maximum absolute atomic E-state index is 13.9. The van der Waals surface area contributed by atoms with Crippen LogP contribution in [0.25, 0.3) is 0 Å². The molecule has 6 rings (SSSR count). The number of amides is 2. The molecule has 3 aliphatic heterocycles. The first-order valence-electron chi connectivity index (χ1n) is 11.6. The number of ether oxygens (including phenoxy) is 2. The Hall–Kier alpha value is -4.46. The molecule has 0 spiro atoms.